The molecule has 0 aliphatic rings. The molecule has 0 atom stereocenters. The van der Waals surface area contributed by atoms with E-state index in [1.807, 2.05) is 56.5 Å². The summed E-state index contributed by atoms with van der Waals surface area (Å²) in [6.07, 6.45) is 1.98. The predicted molar refractivity (Wildman–Crippen MR) is 95.4 cm³/mol. The van der Waals surface area contributed by atoms with Crippen molar-refractivity contribution in [2.75, 3.05) is 11.6 Å². The van der Waals surface area contributed by atoms with Gasteiger partial charge in [0.2, 0.25) is 0 Å². The first-order valence-electron chi connectivity index (χ1n) is 7.44. The van der Waals surface area contributed by atoms with E-state index < -0.39 is 0 Å². The number of aryl methyl sites for hydroxylation is 2. The molecule has 6 heteroatoms. The summed E-state index contributed by atoms with van der Waals surface area (Å²) in [5.74, 6) is 0.122. The van der Waals surface area contributed by atoms with Gasteiger partial charge < -0.3 is 4.42 Å². The van der Waals surface area contributed by atoms with Gasteiger partial charge in [0.25, 0.3) is 11.8 Å². The van der Waals surface area contributed by atoms with Crippen molar-refractivity contribution >= 4 is 23.7 Å². The number of nitrogens with zero attached hydrogens (tertiary/aromatic N) is 2. The van der Waals surface area contributed by atoms with Crippen molar-refractivity contribution in [3.05, 3.63) is 59.2 Å². The zero-order valence-electron chi connectivity index (χ0n) is 13.7. The van der Waals surface area contributed by atoms with Crippen LogP contribution in [0.1, 0.15) is 21.5 Å². The number of aromatic nitrogens is 2. The Balaban J connectivity index is 1.82. The Morgan fingerprint density at radius 2 is 1.92 bits per heavy atom. The van der Waals surface area contributed by atoms with Crippen LogP contribution in [0.25, 0.3) is 11.5 Å². The Morgan fingerprint density at radius 3 is 2.67 bits per heavy atom. The first kappa shape index (κ1) is 16.3. The molecule has 0 spiro atoms. The molecule has 0 bridgehead atoms. The minimum atomic E-state index is -0.263. The highest BCUT2D eigenvalue weighted by atomic mass is 32.2. The Hall–Kier alpha value is -2.60. The van der Waals surface area contributed by atoms with Crippen LogP contribution >= 0.6 is 11.8 Å². The number of thioether (sulfide) groups is 1. The lowest BCUT2D eigenvalue weighted by Gasteiger charge is -2.05. The standard InChI is InChI=1S/C18H17N3O2S/c1-11-8-9-13(12(2)10-11)16(22)19-18-21-20-17(23-18)14-6-4-5-7-15(14)24-3/h4-10H,1-3H3,(H,19,21,22). The van der Waals surface area contributed by atoms with E-state index in [0.717, 1.165) is 21.6 Å². The Morgan fingerprint density at radius 1 is 1.12 bits per heavy atom. The highest BCUT2D eigenvalue weighted by Gasteiger charge is 2.15. The van der Waals surface area contributed by atoms with Crippen LogP contribution in [0.2, 0.25) is 0 Å². The van der Waals surface area contributed by atoms with Gasteiger partial charge in [-0.2, -0.15) is 0 Å². The molecule has 0 aliphatic heterocycles. The highest BCUT2D eigenvalue weighted by molar-refractivity contribution is 7.98. The summed E-state index contributed by atoms with van der Waals surface area (Å²) in [4.78, 5) is 13.4. The zero-order valence-corrected chi connectivity index (χ0v) is 14.5. The van der Waals surface area contributed by atoms with Gasteiger partial charge in [0.1, 0.15) is 0 Å². The monoisotopic (exact) mass is 339 g/mol. The van der Waals surface area contributed by atoms with Gasteiger partial charge in [0.05, 0.1) is 5.56 Å². The van der Waals surface area contributed by atoms with E-state index in [1.165, 1.54) is 0 Å². The molecule has 2 aromatic carbocycles. The van der Waals surface area contributed by atoms with Gasteiger partial charge in [-0.05, 0) is 43.9 Å². The number of benzene rings is 2. The fourth-order valence-corrected chi connectivity index (χ4v) is 3.03. The van der Waals surface area contributed by atoms with E-state index in [-0.39, 0.29) is 11.9 Å². The van der Waals surface area contributed by atoms with E-state index in [2.05, 4.69) is 15.5 Å². The number of rotatable bonds is 4. The Bertz CT molecular complexity index is 889. The van der Waals surface area contributed by atoms with Crippen LogP contribution in [0.5, 0.6) is 0 Å². The molecule has 0 aliphatic carbocycles. The third kappa shape index (κ3) is 3.33. The highest BCUT2D eigenvalue weighted by Crippen LogP contribution is 2.29. The summed E-state index contributed by atoms with van der Waals surface area (Å²) >= 11 is 1.60. The molecule has 5 nitrogen and oxygen atoms in total. The van der Waals surface area contributed by atoms with Crippen LogP contribution in [0, 0.1) is 13.8 Å². The van der Waals surface area contributed by atoms with Crippen LogP contribution in [0.3, 0.4) is 0 Å². The van der Waals surface area contributed by atoms with Crippen molar-refractivity contribution in [2.24, 2.45) is 0 Å². The summed E-state index contributed by atoms with van der Waals surface area (Å²) in [6.45, 7) is 3.89. The average molecular weight is 339 g/mol. The molecular weight excluding hydrogens is 322 g/mol. The molecule has 1 amide bonds. The van der Waals surface area contributed by atoms with Gasteiger partial charge in [-0.3, -0.25) is 10.1 Å². The molecule has 0 saturated heterocycles. The van der Waals surface area contributed by atoms with Crippen LogP contribution < -0.4 is 5.32 Å². The largest absolute Gasteiger partial charge is 0.403 e. The van der Waals surface area contributed by atoms with Gasteiger partial charge >= 0.3 is 6.01 Å². The lowest BCUT2D eigenvalue weighted by atomic mass is 10.1. The molecule has 1 N–H and O–H groups in total. The molecule has 3 aromatic rings. The lowest BCUT2D eigenvalue weighted by molar-refractivity contribution is 0.102. The number of anilines is 1. The van der Waals surface area contributed by atoms with Crippen LogP contribution in [-0.2, 0) is 0 Å². The fourth-order valence-electron chi connectivity index (χ4n) is 2.44. The number of hydrogen-bond donors (Lipinski definition) is 1. The van der Waals surface area contributed by atoms with Crippen molar-refractivity contribution in [1.29, 1.82) is 0 Å². The predicted octanol–water partition coefficient (Wildman–Crippen LogP) is 4.33. The van der Waals surface area contributed by atoms with Gasteiger partial charge in [0.15, 0.2) is 0 Å². The van der Waals surface area contributed by atoms with Crippen molar-refractivity contribution in [3.63, 3.8) is 0 Å². The normalized spacial score (nSPS) is 10.6. The van der Waals surface area contributed by atoms with E-state index in [1.54, 1.807) is 17.8 Å². The van der Waals surface area contributed by atoms with E-state index in [0.29, 0.717) is 11.5 Å². The Kier molecular flexibility index (Phi) is 4.66. The van der Waals surface area contributed by atoms with Crippen molar-refractivity contribution in [3.8, 4) is 11.5 Å². The first-order chi connectivity index (χ1) is 11.6. The van der Waals surface area contributed by atoms with E-state index in [9.17, 15) is 4.79 Å². The summed E-state index contributed by atoms with van der Waals surface area (Å²) in [5, 5.41) is 10.6. The lowest BCUT2D eigenvalue weighted by Crippen LogP contribution is -2.13. The second-order valence-corrected chi connectivity index (χ2v) is 6.23. The Labute approximate surface area is 144 Å². The number of amides is 1. The third-order valence-electron chi connectivity index (χ3n) is 3.61. The second-order valence-electron chi connectivity index (χ2n) is 5.39. The molecule has 1 aromatic heterocycles. The third-order valence-corrected chi connectivity index (χ3v) is 4.41. The summed E-state index contributed by atoms with van der Waals surface area (Å²) in [5.41, 5.74) is 3.45. The number of carbonyl (C=O) groups is 1. The van der Waals surface area contributed by atoms with E-state index in [4.69, 9.17) is 4.42 Å². The van der Waals surface area contributed by atoms with Gasteiger partial charge in [-0.25, -0.2) is 0 Å². The smallest absolute Gasteiger partial charge is 0.322 e. The van der Waals surface area contributed by atoms with Gasteiger partial charge in [-0.15, -0.1) is 16.9 Å². The quantitative estimate of drug-likeness (QED) is 0.717. The van der Waals surface area contributed by atoms with Crippen molar-refractivity contribution < 1.29 is 9.21 Å². The van der Waals surface area contributed by atoms with Crippen LogP contribution in [-0.4, -0.2) is 22.4 Å². The SMILES string of the molecule is CSc1ccccc1-c1nnc(NC(=O)c2ccc(C)cc2C)o1. The summed E-state index contributed by atoms with van der Waals surface area (Å²) in [7, 11) is 0. The van der Waals surface area contributed by atoms with Crippen molar-refractivity contribution in [1.82, 2.24) is 10.2 Å². The molecule has 24 heavy (non-hydrogen) atoms. The summed E-state index contributed by atoms with van der Waals surface area (Å²) in [6, 6.07) is 13.5. The minimum Gasteiger partial charge on any atom is -0.403 e. The molecule has 0 saturated carbocycles. The molecule has 3 rings (SSSR count). The molecule has 0 fully saturated rings. The number of carbonyl (C=O) groups excluding carboxylic acids is 1. The van der Waals surface area contributed by atoms with Crippen molar-refractivity contribution in [2.45, 2.75) is 18.7 Å². The first-order valence-corrected chi connectivity index (χ1v) is 8.66. The van der Waals surface area contributed by atoms with Crippen LogP contribution in [0.15, 0.2) is 51.8 Å². The molecular formula is C18H17N3O2S. The maximum atomic E-state index is 12.4. The minimum absolute atomic E-state index is 0.0888. The van der Waals surface area contributed by atoms with E-state index >= 15 is 0 Å². The molecule has 122 valence electrons. The second kappa shape index (κ2) is 6.88. The average Bonchev–Trinajstić information content (AvgIpc) is 3.03. The molecule has 0 unspecified atom stereocenters. The number of hydrogen-bond acceptors (Lipinski definition) is 5. The topological polar surface area (TPSA) is 68.0 Å². The zero-order chi connectivity index (χ0) is 17.1. The maximum Gasteiger partial charge on any atom is 0.322 e. The molecule has 0 radical (unpaired) electrons. The summed E-state index contributed by atoms with van der Waals surface area (Å²) < 4.78 is 5.60. The maximum absolute atomic E-state index is 12.4. The van der Waals surface area contributed by atoms with Gasteiger partial charge in [0, 0.05) is 10.5 Å². The van der Waals surface area contributed by atoms with Gasteiger partial charge in [-0.1, -0.05) is 34.9 Å². The molecule has 1 heterocycles. The van der Waals surface area contributed by atoms with Crippen LogP contribution in [0.4, 0.5) is 6.01 Å². The fraction of sp³-hybridized carbons (Fsp3) is 0.167. The number of nitrogens with one attached hydrogen (secondary N) is 1.